The molecule has 0 spiro atoms. The minimum Gasteiger partial charge on any atom is -0.212 e. The average Bonchev–Trinajstić information content (AvgIpc) is 1.60. The fourth-order valence-corrected chi connectivity index (χ4v) is 3.42. The van der Waals surface area contributed by atoms with Crippen LogP contribution in [-0.4, -0.2) is 26.9 Å². The maximum absolute atomic E-state index is 10.5. The maximum Gasteiger partial charge on any atom is 0.233 e. The minimum absolute atomic E-state index is 0.266. The number of alkyl halides is 1. The molecule has 0 radical (unpaired) electrons. The molecule has 10 heavy (non-hydrogen) atoms. The lowest BCUT2D eigenvalue weighted by atomic mass is 12.0. The summed E-state index contributed by atoms with van der Waals surface area (Å²) in [6.45, 7) is 0. The molecule has 0 unspecified atom stereocenters. The third-order valence-corrected chi connectivity index (χ3v) is 5.40. The Hall–Kier alpha value is 0.590. The Morgan fingerprint density at radius 1 is 1.30 bits per heavy atom. The number of halogens is 1. The molecular formula is C2H6INO4S2. The molecule has 8 heteroatoms. The van der Waals surface area contributed by atoms with Crippen molar-refractivity contribution in [2.24, 2.45) is 0 Å². The van der Waals surface area contributed by atoms with E-state index < -0.39 is 20.0 Å². The van der Waals surface area contributed by atoms with Crippen molar-refractivity contribution in [2.45, 2.75) is 0 Å². The number of hydrogen-bond donors (Lipinski definition) is 1. The van der Waals surface area contributed by atoms with Crippen LogP contribution in [-0.2, 0) is 20.0 Å². The van der Waals surface area contributed by atoms with Crippen LogP contribution < -0.4 is 4.13 Å². The second-order valence-electron chi connectivity index (χ2n) is 1.58. The molecule has 5 nitrogen and oxygen atoms in total. The second-order valence-corrected chi connectivity index (χ2v) is 7.11. The van der Waals surface area contributed by atoms with Gasteiger partial charge in [0.15, 0.2) is 0 Å². The topological polar surface area (TPSA) is 80.3 Å². The van der Waals surface area contributed by atoms with Gasteiger partial charge in [-0.3, -0.25) is 0 Å². The van der Waals surface area contributed by atoms with E-state index in [4.69, 9.17) is 0 Å². The fraction of sp³-hybridized carbons (Fsp3) is 1.00. The zero-order chi connectivity index (χ0) is 8.41. The van der Waals surface area contributed by atoms with Gasteiger partial charge in [0.1, 0.15) is 3.76 Å². The van der Waals surface area contributed by atoms with Gasteiger partial charge in [0.05, 0.1) is 6.26 Å². The average molecular weight is 299 g/mol. The lowest BCUT2D eigenvalue weighted by molar-refractivity contribution is 0.583. The van der Waals surface area contributed by atoms with Crippen molar-refractivity contribution in [3.63, 3.8) is 0 Å². The highest BCUT2D eigenvalue weighted by Gasteiger charge is 2.13. The first kappa shape index (κ1) is 10.6. The largest absolute Gasteiger partial charge is 0.233 e. The van der Waals surface area contributed by atoms with E-state index in [-0.39, 0.29) is 3.76 Å². The van der Waals surface area contributed by atoms with Crippen molar-refractivity contribution in [3.05, 3.63) is 0 Å². The summed E-state index contributed by atoms with van der Waals surface area (Å²) in [7, 11) is -7.27. The zero-order valence-electron chi connectivity index (χ0n) is 5.03. The van der Waals surface area contributed by atoms with Crippen LogP contribution in [0.1, 0.15) is 0 Å². The van der Waals surface area contributed by atoms with E-state index in [1.807, 2.05) is 0 Å². The predicted molar refractivity (Wildman–Crippen MR) is 45.8 cm³/mol. The van der Waals surface area contributed by atoms with Crippen LogP contribution >= 0.6 is 22.6 Å². The smallest absolute Gasteiger partial charge is 0.212 e. The van der Waals surface area contributed by atoms with Gasteiger partial charge in [-0.2, -0.15) is 0 Å². The van der Waals surface area contributed by atoms with Crippen molar-refractivity contribution in [3.8, 4) is 0 Å². The van der Waals surface area contributed by atoms with Gasteiger partial charge in [0, 0.05) is 0 Å². The minimum atomic E-state index is -3.64. The Kier molecular flexibility index (Phi) is 3.52. The Morgan fingerprint density at radius 2 is 1.70 bits per heavy atom. The van der Waals surface area contributed by atoms with Crippen LogP contribution in [0.5, 0.6) is 0 Å². The summed E-state index contributed by atoms with van der Waals surface area (Å²) in [5, 5.41) is 0. The summed E-state index contributed by atoms with van der Waals surface area (Å²) < 4.78 is 42.9. The SMILES string of the molecule is CS(=O)(=O)NS(=O)(=O)CI. The van der Waals surface area contributed by atoms with Crippen molar-refractivity contribution in [1.82, 2.24) is 4.13 Å². The summed E-state index contributed by atoms with van der Waals surface area (Å²) >= 11 is 1.56. The molecule has 0 aromatic rings. The quantitative estimate of drug-likeness (QED) is 0.550. The van der Waals surface area contributed by atoms with Crippen LogP contribution in [0.25, 0.3) is 0 Å². The first-order valence-corrected chi connectivity index (χ1v) is 7.11. The van der Waals surface area contributed by atoms with E-state index in [9.17, 15) is 16.8 Å². The molecule has 0 aliphatic heterocycles. The normalized spacial score (nSPS) is 13.4. The monoisotopic (exact) mass is 299 g/mol. The highest BCUT2D eigenvalue weighted by Crippen LogP contribution is 1.92. The predicted octanol–water partition coefficient (Wildman–Crippen LogP) is -0.742. The molecule has 0 atom stereocenters. The van der Waals surface area contributed by atoms with Crippen LogP contribution in [0.4, 0.5) is 0 Å². The summed E-state index contributed by atoms with van der Waals surface area (Å²) in [5.74, 6) is 0. The van der Waals surface area contributed by atoms with Gasteiger partial charge in [-0.1, -0.05) is 22.6 Å². The molecule has 0 aromatic carbocycles. The van der Waals surface area contributed by atoms with Gasteiger partial charge >= 0.3 is 0 Å². The Bertz CT molecular complexity index is 289. The van der Waals surface area contributed by atoms with E-state index in [1.54, 1.807) is 22.6 Å². The van der Waals surface area contributed by atoms with E-state index in [1.165, 1.54) is 4.13 Å². The summed E-state index contributed by atoms with van der Waals surface area (Å²) in [4.78, 5) is 0. The molecule has 0 heterocycles. The molecule has 0 fully saturated rings. The lowest BCUT2D eigenvalue weighted by Gasteiger charge is -1.98. The number of rotatable bonds is 3. The molecule has 0 rings (SSSR count). The Balaban J connectivity index is 4.49. The fourth-order valence-electron chi connectivity index (χ4n) is 0.253. The van der Waals surface area contributed by atoms with E-state index in [2.05, 4.69) is 0 Å². The van der Waals surface area contributed by atoms with E-state index >= 15 is 0 Å². The molecule has 0 saturated carbocycles. The number of sulfonamides is 2. The number of hydrogen-bond acceptors (Lipinski definition) is 4. The van der Waals surface area contributed by atoms with E-state index in [0.29, 0.717) is 0 Å². The van der Waals surface area contributed by atoms with Crippen LogP contribution in [0.2, 0.25) is 0 Å². The third-order valence-electron chi connectivity index (χ3n) is 0.422. The summed E-state index contributed by atoms with van der Waals surface area (Å²) in [6, 6.07) is 0. The molecule has 1 N–H and O–H groups in total. The van der Waals surface area contributed by atoms with Crippen LogP contribution in [0.3, 0.4) is 0 Å². The van der Waals surface area contributed by atoms with Gasteiger partial charge in [0.25, 0.3) is 0 Å². The molecule has 0 bridgehead atoms. The molecule has 0 aliphatic rings. The van der Waals surface area contributed by atoms with Gasteiger partial charge in [-0.25, -0.2) is 16.8 Å². The van der Waals surface area contributed by atoms with Gasteiger partial charge in [-0.05, 0) is 0 Å². The highest BCUT2D eigenvalue weighted by molar-refractivity contribution is 14.1. The molecule has 0 aliphatic carbocycles. The van der Waals surface area contributed by atoms with Gasteiger partial charge in [-0.15, -0.1) is 4.13 Å². The lowest BCUT2D eigenvalue weighted by Crippen LogP contribution is -2.29. The Morgan fingerprint density at radius 3 is 1.80 bits per heavy atom. The van der Waals surface area contributed by atoms with Crippen LogP contribution in [0, 0.1) is 0 Å². The van der Waals surface area contributed by atoms with Crippen molar-refractivity contribution >= 4 is 42.6 Å². The van der Waals surface area contributed by atoms with Crippen molar-refractivity contribution in [1.29, 1.82) is 0 Å². The molecule has 62 valence electrons. The third kappa shape index (κ3) is 5.38. The second kappa shape index (κ2) is 3.32. The highest BCUT2D eigenvalue weighted by atomic mass is 127. The maximum atomic E-state index is 10.5. The summed E-state index contributed by atoms with van der Waals surface area (Å²) in [5.41, 5.74) is 0. The summed E-state index contributed by atoms with van der Waals surface area (Å²) in [6.07, 6.45) is 0.789. The van der Waals surface area contributed by atoms with E-state index in [0.717, 1.165) is 6.26 Å². The number of nitrogens with one attached hydrogen (secondary N) is 1. The van der Waals surface area contributed by atoms with Gasteiger partial charge < -0.3 is 0 Å². The molecule has 0 aromatic heterocycles. The molecule has 0 amide bonds. The molecule has 0 saturated heterocycles. The van der Waals surface area contributed by atoms with Gasteiger partial charge in [0.2, 0.25) is 20.0 Å². The standard InChI is InChI=1S/C2H6INO4S2/c1-9(5,6)4-10(7,8)2-3/h4H,2H2,1H3. The first-order valence-electron chi connectivity index (χ1n) is 2.04. The Labute approximate surface area is 73.4 Å². The molecular weight excluding hydrogens is 293 g/mol. The van der Waals surface area contributed by atoms with Crippen LogP contribution in [0.15, 0.2) is 0 Å². The van der Waals surface area contributed by atoms with Crippen molar-refractivity contribution < 1.29 is 16.8 Å². The van der Waals surface area contributed by atoms with Crippen molar-refractivity contribution in [2.75, 3.05) is 10.0 Å². The zero-order valence-corrected chi connectivity index (χ0v) is 8.83. The first-order chi connectivity index (χ1) is 4.27.